The van der Waals surface area contributed by atoms with Gasteiger partial charge in [-0.1, -0.05) is 24.3 Å². The van der Waals surface area contributed by atoms with Crippen molar-refractivity contribution >= 4 is 33.0 Å². The molecule has 0 amide bonds. The third kappa shape index (κ3) is 3.48. The average Bonchev–Trinajstić information content (AvgIpc) is 3.20. The van der Waals surface area contributed by atoms with Gasteiger partial charge in [-0.2, -0.15) is 0 Å². The molecule has 142 valence electrons. The number of rotatable bonds is 5. The van der Waals surface area contributed by atoms with Crippen LogP contribution in [-0.4, -0.2) is 22.5 Å². The number of benzene rings is 2. The van der Waals surface area contributed by atoms with Gasteiger partial charge in [-0.15, -0.1) is 11.3 Å². The van der Waals surface area contributed by atoms with E-state index in [1.54, 1.807) is 25.6 Å². The number of hydrogen-bond acceptors (Lipinski definition) is 6. The predicted octanol–water partition coefficient (Wildman–Crippen LogP) is 3.76. The number of nitrogens with zero attached hydrogens (tertiary/aromatic N) is 2. The second kappa shape index (κ2) is 7.44. The summed E-state index contributed by atoms with van der Waals surface area (Å²) in [6.45, 7) is 1.77. The molecule has 28 heavy (non-hydrogen) atoms. The first-order chi connectivity index (χ1) is 13.5. The lowest BCUT2D eigenvalue weighted by atomic mass is 9.98. The minimum Gasteiger partial charge on any atom is -0.497 e. The van der Waals surface area contributed by atoms with Gasteiger partial charge < -0.3 is 9.47 Å². The van der Waals surface area contributed by atoms with Crippen LogP contribution >= 0.6 is 11.3 Å². The van der Waals surface area contributed by atoms with Crippen LogP contribution in [0.5, 0.6) is 5.75 Å². The van der Waals surface area contributed by atoms with E-state index in [2.05, 4.69) is 4.98 Å². The number of carbonyl (C=O) groups is 1. The predicted molar refractivity (Wildman–Crippen MR) is 108 cm³/mol. The Morgan fingerprint density at radius 3 is 2.79 bits per heavy atom. The molecule has 4 rings (SSSR count). The van der Waals surface area contributed by atoms with E-state index in [-0.39, 0.29) is 18.1 Å². The normalized spacial score (nSPS) is 12.2. The summed E-state index contributed by atoms with van der Waals surface area (Å²) in [6, 6.07) is 13.0. The molecule has 0 spiro atoms. The van der Waals surface area contributed by atoms with E-state index in [0.29, 0.717) is 10.7 Å². The third-order valence-electron chi connectivity index (χ3n) is 4.64. The SMILES string of the molecule is COc1ccc2cc([C@H](C)C(=O)OCc3cc(=O)n4ccsc4n3)ccc2c1. The second-order valence-corrected chi connectivity index (χ2v) is 7.32. The maximum absolute atomic E-state index is 12.5. The topological polar surface area (TPSA) is 69.9 Å². The van der Waals surface area contributed by atoms with Crippen molar-refractivity contribution in [2.75, 3.05) is 7.11 Å². The summed E-state index contributed by atoms with van der Waals surface area (Å²) in [5.41, 5.74) is 1.12. The van der Waals surface area contributed by atoms with Gasteiger partial charge in [0.1, 0.15) is 12.4 Å². The monoisotopic (exact) mass is 394 g/mol. The van der Waals surface area contributed by atoms with Crippen LogP contribution in [0.4, 0.5) is 0 Å². The Morgan fingerprint density at radius 1 is 1.18 bits per heavy atom. The molecule has 1 atom stereocenters. The van der Waals surface area contributed by atoms with Crippen molar-refractivity contribution in [1.29, 1.82) is 0 Å². The van der Waals surface area contributed by atoms with E-state index in [4.69, 9.17) is 9.47 Å². The summed E-state index contributed by atoms with van der Waals surface area (Å²) in [7, 11) is 1.63. The van der Waals surface area contributed by atoms with E-state index < -0.39 is 5.92 Å². The first-order valence-corrected chi connectivity index (χ1v) is 9.63. The zero-order valence-corrected chi connectivity index (χ0v) is 16.2. The molecule has 2 heterocycles. The second-order valence-electron chi connectivity index (χ2n) is 6.44. The number of hydrogen-bond donors (Lipinski definition) is 0. The summed E-state index contributed by atoms with van der Waals surface area (Å²) < 4.78 is 12.1. The van der Waals surface area contributed by atoms with Crippen LogP contribution in [0, 0.1) is 0 Å². The summed E-state index contributed by atoms with van der Waals surface area (Å²) >= 11 is 1.36. The standard InChI is InChI=1S/C21H18N2O4S/c1-13(14-3-4-16-10-18(26-2)6-5-15(16)9-14)20(25)27-12-17-11-19(24)23-7-8-28-21(23)22-17/h3-11,13H,12H2,1-2H3/t13-/m0/s1. The maximum atomic E-state index is 12.5. The largest absolute Gasteiger partial charge is 0.497 e. The summed E-state index contributed by atoms with van der Waals surface area (Å²) in [6.07, 6.45) is 1.67. The van der Waals surface area contributed by atoms with Gasteiger partial charge in [0, 0.05) is 17.6 Å². The molecule has 0 radical (unpaired) electrons. The summed E-state index contributed by atoms with van der Waals surface area (Å²) in [5, 5.41) is 3.85. The molecule has 0 N–H and O–H groups in total. The highest BCUT2D eigenvalue weighted by atomic mass is 32.1. The van der Waals surface area contributed by atoms with Crippen LogP contribution in [0.25, 0.3) is 15.7 Å². The molecule has 4 aromatic rings. The molecule has 2 aromatic carbocycles. The molecule has 7 heteroatoms. The van der Waals surface area contributed by atoms with E-state index in [9.17, 15) is 9.59 Å². The summed E-state index contributed by atoms with van der Waals surface area (Å²) in [4.78, 5) is 29.4. The van der Waals surface area contributed by atoms with Crippen molar-refractivity contribution in [1.82, 2.24) is 9.38 Å². The fourth-order valence-electron chi connectivity index (χ4n) is 3.01. The number of ether oxygens (including phenoxy) is 2. The smallest absolute Gasteiger partial charge is 0.313 e. The number of fused-ring (bicyclic) bond motifs is 2. The Balaban J connectivity index is 1.49. The van der Waals surface area contributed by atoms with Crippen LogP contribution in [0.1, 0.15) is 24.1 Å². The fraction of sp³-hybridized carbons (Fsp3) is 0.190. The Morgan fingerprint density at radius 2 is 1.96 bits per heavy atom. The van der Waals surface area contributed by atoms with Crippen LogP contribution < -0.4 is 10.3 Å². The highest BCUT2D eigenvalue weighted by Gasteiger charge is 2.18. The molecule has 2 aromatic heterocycles. The van der Waals surface area contributed by atoms with Gasteiger partial charge in [0.05, 0.1) is 18.7 Å². The molecular formula is C21H18N2O4S. The van der Waals surface area contributed by atoms with Gasteiger partial charge in [-0.25, -0.2) is 4.98 Å². The van der Waals surface area contributed by atoms with Crippen molar-refractivity contribution in [3.8, 4) is 5.75 Å². The minimum atomic E-state index is -0.432. The van der Waals surface area contributed by atoms with Crippen molar-refractivity contribution in [3.05, 3.63) is 75.7 Å². The number of esters is 1. The molecule has 0 fully saturated rings. The zero-order chi connectivity index (χ0) is 19.7. The van der Waals surface area contributed by atoms with Crippen LogP contribution in [0.2, 0.25) is 0 Å². The van der Waals surface area contributed by atoms with Gasteiger partial charge >= 0.3 is 5.97 Å². The van der Waals surface area contributed by atoms with E-state index >= 15 is 0 Å². The number of carbonyl (C=O) groups excluding carboxylic acids is 1. The maximum Gasteiger partial charge on any atom is 0.313 e. The lowest BCUT2D eigenvalue weighted by Crippen LogP contribution is -2.17. The highest BCUT2D eigenvalue weighted by molar-refractivity contribution is 7.15. The Labute approximate surface area is 165 Å². The summed E-state index contributed by atoms with van der Waals surface area (Å²) in [5.74, 6) is -0.00192. The van der Waals surface area contributed by atoms with Crippen molar-refractivity contribution < 1.29 is 14.3 Å². The van der Waals surface area contributed by atoms with Gasteiger partial charge in [0.15, 0.2) is 4.96 Å². The third-order valence-corrected chi connectivity index (χ3v) is 5.40. The lowest BCUT2D eigenvalue weighted by Gasteiger charge is -2.13. The average molecular weight is 394 g/mol. The lowest BCUT2D eigenvalue weighted by molar-refractivity contribution is -0.146. The van der Waals surface area contributed by atoms with Crippen LogP contribution in [0.15, 0.2) is 58.8 Å². The molecule has 0 saturated heterocycles. The van der Waals surface area contributed by atoms with Crippen molar-refractivity contribution in [3.63, 3.8) is 0 Å². The van der Waals surface area contributed by atoms with Gasteiger partial charge in [-0.3, -0.25) is 14.0 Å². The molecule has 0 bridgehead atoms. The van der Waals surface area contributed by atoms with Gasteiger partial charge in [0.25, 0.3) is 5.56 Å². The quantitative estimate of drug-likeness (QED) is 0.482. The molecule has 0 aliphatic heterocycles. The van der Waals surface area contributed by atoms with Crippen LogP contribution in [-0.2, 0) is 16.1 Å². The first kappa shape index (κ1) is 18.2. The van der Waals surface area contributed by atoms with Crippen molar-refractivity contribution in [2.24, 2.45) is 0 Å². The Bertz CT molecular complexity index is 1230. The Kier molecular flexibility index (Phi) is 4.83. The molecule has 6 nitrogen and oxygen atoms in total. The van der Waals surface area contributed by atoms with E-state index in [1.807, 2.05) is 36.4 Å². The van der Waals surface area contributed by atoms with E-state index in [0.717, 1.165) is 22.1 Å². The van der Waals surface area contributed by atoms with Gasteiger partial charge in [-0.05, 0) is 35.4 Å². The van der Waals surface area contributed by atoms with Crippen molar-refractivity contribution in [2.45, 2.75) is 19.4 Å². The molecule has 0 unspecified atom stereocenters. The highest BCUT2D eigenvalue weighted by Crippen LogP contribution is 2.26. The fourth-order valence-corrected chi connectivity index (χ4v) is 3.75. The number of thiazole rings is 1. The van der Waals surface area contributed by atoms with Crippen LogP contribution in [0.3, 0.4) is 0 Å². The number of methoxy groups -OCH3 is 1. The zero-order valence-electron chi connectivity index (χ0n) is 15.4. The Hall–Kier alpha value is -3.19. The molecule has 0 aliphatic rings. The van der Waals surface area contributed by atoms with E-state index in [1.165, 1.54) is 21.8 Å². The number of aromatic nitrogens is 2. The minimum absolute atomic E-state index is 0.0302. The van der Waals surface area contributed by atoms with Gasteiger partial charge in [0.2, 0.25) is 0 Å². The molecule has 0 saturated carbocycles. The molecule has 0 aliphatic carbocycles. The first-order valence-electron chi connectivity index (χ1n) is 8.75. The molecular weight excluding hydrogens is 376 g/mol.